The monoisotopic (exact) mass is 368 g/mol. The molecular weight excluding hydrogens is 349 g/mol. The van der Waals surface area contributed by atoms with E-state index in [1.165, 1.54) is 19.9 Å². The Morgan fingerprint density at radius 1 is 1.42 bits per heavy atom. The van der Waals surface area contributed by atoms with Crippen LogP contribution in [-0.4, -0.2) is 27.8 Å². The number of aromatic nitrogens is 1. The lowest BCUT2D eigenvalue weighted by Crippen LogP contribution is -2.35. The van der Waals surface area contributed by atoms with E-state index in [9.17, 15) is 23.1 Å². The number of rotatable bonds is 4. The summed E-state index contributed by atoms with van der Waals surface area (Å²) in [5.41, 5.74) is 3.90. The molecule has 1 atom stereocenters. The molecule has 0 saturated heterocycles. The average Bonchev–Trinajstić information content (AvgIpc) is 2.54. The standard InChI is InChI=1S/C17H19F3N4O2/c1-16(2,26)10-7-11(22)9(8-21)6-13(10)24-15(25)12-4-3-5-14(23-12)17(18,19)20/h3-5,7-9,21,26H,6,22H2,1-2H3,(H,24,25). The number of allylic oxidation sites excluding steroid dienone is 2. The van der Waals surface area contributed by atoms with Crippen molar-refractivity contribution in [3.8, 4) is 0 Å². The fourth-order valence-corrected chi connectivity index (χ4v) is 2.55. The number of carbonyl (C=O) groups is 1. The van der Waals surface area contributed by atoms with Crippen LogP contribution in [0.2, 0.25) is 0 Å². The number of hydrogen-bond donors (Lipinski definition) is 4. The zero-order valence-electron chi connectivity index (χ0n) is 14.2. The molecular formula is C17H19F3N4O2. The maximum absolute atomic E-state index is 12.8. The van der Waals surface area contributed by atoms with Crippen molar-refractivity contribution in [2.75, 3.05) is 0 Å². The normalized spacial score (nSPS) is 18.4. The lowest BCUT2D eigenvalue weighted by Gasteiger charge is -2.30. The van der Waals surface area contributed by atoms with Crippen molar-refractivity contribution in [2.24, 2.45) is 11.7 Å². The lowest BCUT2D eigenvalue weighted by molar-refractivity contribution is -0.141. The largest absolute Gasteiger partial charge is 0.433 e. The van der Waals surface area contributed by atoms with Crippen LogP contribution >= 0.6 is 0 Å². The van der Waals surface area contributed by atoms with E-state index in [1.54, 1.807) is 0 Å². The van der Waals surface area contributed by atoms with E-state index in [4.69, 9.17) is 11.1 Å². The number of halogens is 3. The second kappa shape index (κ2) is 6.91. The van der Waals surface area contributed by atoms with Crippen LogP contribution in [0, 0.1) is 11.3 Å². The summed E-state index contributed by atoms with van der Waals surface area (Å²) in [5.74, 6) is -1.32. The molecule has 0 saturated carbocycles. The molecule has 0 radical (unpaired) electrons. The number of pyridine rings is 1. The van der Waals surface area contributed by atoms with Gasteiger partial charge in [0.15, 0.2) is 0 Å². The highest BCUT2D eigenvalue weighted by atomic mass is 19.4. The molecule has 1 aromatic heterocycles. The van der Waals surface area contributed by atoms with Crippen molar-refractivity contribution in [1.82, 2.24) is 10.3 Å². The Morgan fingerprint density at radius 3 is 2.62 bits per heavy atom. The molecule has 1 amide bonds. The van der Waals surface area contributed by atoms with Gasteiger partial charge >= 0.3 is 6.18 Å². The molecule has 2 rings (SSSR count). The molecule has 0 aliphatic heterocycles. The van der Waals surface area contributed by atoms with Gasteiger partial charge < -0.3 is 21.6 Å². The topological polar surface area (TPSA) is 112 Å². The van der Waals surface area contributed by atoms with Gasteiger partial charge in [0.1, 0.15) is 11.4 Å². The van der Waals surface area contributed by atoms with Gasteiger partial charge in [0, 0.05) is 35.5 Å². The highest BCUT2D eigenvalue weighted by Gasteiger charge is 2.33. The van der Waals surface area contributed by atoms with E-state index >= 15 is 0 Å². The predicted molar refractivity (Wildman–Crippen MR) is 89.2 cm³/mol. The number of alkyl halides is 3. The fraction of sp³-hybridized carbons (Fsp3) is 0.353. The van der Waals surface area contributed by atoms with E-state index in [-0.39, 0.29) is 12.1 Å². The molecule has 0 aromatic carbocycles. The van der Waals surface area contributed by atoms with Crippen molar-refractivity contribution < 1.29 is 23.1 Å². The number of aliphatic hydroxyl groups is 1. The first-order chi connectivity index (χ1) is 11.9. The quantitative estimate of drug-likeness (QED) is 0.611. The molecule has 1 aromatic rings. The first kappa shape index (κ1) is 19.6. The van der Waals surface area contributed by atoms with E-state index in [1.807, 2.05) is 0 Å². The minimum absolute atomic E-state index is 0.135. The van der Waals surface area contributed by atoms with Gasteiger partial charge in [-0.1, -0.05) is 6.07 Å². The van der Waals surface area contributed by atoms with Crippen LogP contribution in [0.1, 0.15) is 36.5 Å². The average molecular weight is 368 g/mol. The Labute approximate surface area is 148 Å². The van der Waals surface area contributed by atoms with Gasteiger partial charge in [-0.3, -0.25) is 4.79 Å². The minimum Gasteiger partial charge on any atom is -0.401 e. The van der Waals surface area contributed by atoms with Gasteiger partial charge in [-0.15, -0.1) is 0 Å². The highest BCUT2D eigenvalue weighted by molar-refractivity contribution is 5.93. The Hall–Kier alpha value is -2.68. The number of nitrogens with zero attached hydrogens (tertiary/aromatic N) is 1. The summed E-state index contributed by atoms with van der Waals surface area (Å²) in [7, 11) is 0. The molecule has 5 N–H and O–H groups in total. The molecule has 1 unspecified atom stereocenters. The lowest BCUT2D eigenvalue weighted by atomic mass is 9.84. The molecule has 9 heteroatoms. The Balaban J connectivity index is 2.38. The summed E-state index contributed by atoms with van der Waals surface area (Å²) < 4.78 is 38.3. The number of nitrogens with one attached hydrogen (secondary N) is 2. The summed E-state index contributed by atoms with van der Waals surface area (Å²) in [6.45, 7) is 2.98. The van der Waals surface area contributed by atoms with Crippen LogP contribution in [-0.2, 0) is 6.18 Å². The Bertz CT molecular complexity index is 792. The van der Waals surface area contributed by atoms with Crippen molar-refractivity contribution in [2.45, 2.75) is 32.0 Å². The van der Waals surface area contributed by atoms with Gasteiger partial charge in [0.25, 0.3) is 5.91 Å². The summed E-state index contributed by atoms with van der Waals surface area (Å²) in [5, 5.41) is 20.2. The first-order valence-corrected chi connectivity index (χ1v) is 7.72. The van der Waals surface area contributed by atoms with Gasteiger partial charge in [0.05, 0.1) is 5.60 Å². The summed E-state index contributed by atoms with van der Waals surface area (Å²) in [6.07, 6.45) is -1.97. The molecule has 1 aliphatic rings. The molecule has 140 valence electrons. The van der Waals surface area contributed by atoms with Crippen LogP contribution in [0.25, 0.3) is 0 Å². The van der Waals surface area contributed by atoms with Gasteiger partial charge in [-0.25, -0.2) is 4.98 Å². The van der Waals surface area contributed by atoms with E-state index in [2.05, 4.69) is 10.3 Å². The van der Waals surface area contributed by atoms with Crippen molar-refractivity contribution in [3.63, 3.8) is 0 Å². The van der Waals surface area contributed by atoms with Crippen LogP contribution in [0.5, 0.6) is 0 Å². The number of amides is 1. The molecule has 1 heterocycles. The fourth-order valence-electron chi connectivity index (χ4n) is 2.55. The van der Waals surface area contributed by atoms with Gasteiger partial charge in [0.2, 0.25) is 0 Å². The van der Waals surface area contributed by atoms with Crippen molar-refractivity contribution in [3.05, 3.63) is 52.6 Å². The Morgan fingerprint density at radius 2 is 2.08 bits per heavy atom. The van der Waals surface area contributed by atoms with Crippen molar-refractivity contribution in [1.29, 1.82) is 5.41 Å². The molecule has 1 aliphatic carbocycles. The maximum Gasteiger partial charge on any atom is 0.433 e. The third-order valence-electron chi connectivity index (χ3n) is 3.89. The second-order valence-electron chi connectivity index (χ2n) is 6.43. The zero-order valence-corrected chi connectivity index (χ0v) is 14.2. The van der Waals surface area contributed by atoms with Gasteiger partial charge in [-0.2, -0.15) is 13.2 Å². The number of carbonyl (C=O) groups excluding carboxylic acids is 1. The SMILES string of the molecule is CC(C)(O)C1=C(NC(=O)c2cccc(C(F)(F)F)n2)CC(C=N)C(N)=C1. The Kier molecular flexibility index (Phi) is 5.22. The third kappa shape index (κ3) is 4.29. The van der Waals surface area contributed by atoms with E-state index in [0.717, 1.165) is 24.4 Å². The maximum atomic E-state index is 12.8. The minimum atomic E-state index is -4.67. The summed E-state index contributed by atoms with van der Waals surface area (Å²) >= 11 is 0. The summed E-state index contributed by atoms with van der Waals surface area (Å²) in [4.78, 5) is 15.7. The molecule has 0 fully saturated rings. The molecule has 0 bridgehead atoms. The van der Waals surface area contributed by atoms with Crippen LogP contribution in [0.4, 0.5) is 13.2 Å². The zero-order chi connectivity index (χ0) is 19.7. The number of nitrogens with two attached hydrogens (primary N) is 1. The van der Waals surface area contributed by atoms with E-state index < -0.39 is 35.0 Å². The summed E-state index contributed by atoms with van der Waals surface area (Å²) in [6, 6.07) is 3.03. The van der Waals surface area contributed by atoms with Crippen LogP contribution in [0.3, 0.4) is 0 Å². The number of hydrogen-bond acceptors (Lipinski definition) is 5. The van der Waals surface area contributed by atoms with E-state index in [0.29, 0.717) is 11.3 Å². The van der Waals surface area contributed by atoms with Gasteiger partial charge in [-0.05, 0) is 32.1 Å². The van der Waals surface area contributed by atoms with Crippen LogP contribution in [0.15, 0.2) is 41.2 Å². The molecule has 0 spiro atoms. The van der Waals surface area contributed by atoms with Crippen LogP contribution < -0.4 is 11.1 Å². The molecule has 26 heavy (non-hydrogen) atoms. The second-order valence-corrected chi connectivity index (χ2v) is 6.43. The molecule has 6 nitrogen and oxygen atoms in total. The van der Waals surface area contributed by atoms with Crippen molar-refractivity contribution >= 4 is 12.1 Å². The third-order valence-corrected chi connectivity index (χ3v) is 3.89. The smallest absolute Gasteiger partial charge is 0.401 e. The highest BCUT2D eigenvalue weighted by Crippen LogP contribution is 2.31. The predicted octanol–water partition coefficient (Wildman–Crippen LogP) is 2.37. The first-order valence-electron chi connectivity index (χ1n) is 7.72.